The van der Waals surface area contributed by atoms with Crippen LogP contribution in [0.2, 0.25) is 0 Å². The first kappa shape index (κ1) is 22.7. The lowest BCUT2D eigenvalue weighted by molar-refractivity contribution is -0.177. The zero-order valence-electron chi connectivity index (χ0n) is 20.4. The summed E-state index contributed by atoms with van der Waals surface area (Å²) in [6, 6.07) is 0. The Morgan fingerprint density at radius 3 is 2.37 bits per heavy atom. The Morgan fingerprint density at radius 2 is 1.67 bits per heavy atom. The van der Waals surface area contributed by atoms with Crippen LogP contribution in [0.3, 0.4) is 0 Å². The summed E-state index contributed by atoms with van der Waals surface area (Å²) >= 11 is 0. The fraction of sp³-hybridized carbons (Fsp3) is 0.964. The summed E-state index contributed by atoms with van der Waals surface area (Å²) in [6.07, 6.45) is 15.4. The lowest BCUT2D eigenvalue weighted by Crippen LogP contribution is -2.57. The minimum Gasteiger partial charge on any atom is -0.247 e. The Hall–Kier alpha value is -0.530. The fourth-order valence-electron chi connectivity index (χ4n) is 9.74. The first-order chi connectivity index (χ1) is 14.2. The average molecular weight is 416 g/mol. The number of fused-ring (bicyclic) bond motifs is 5. The van der Waals surface area contributed by atoms with Crippen LogP contribution in [0.5, 0.6) is 0 Å². The topological polar surface area (TPSA) is 37.0 Å². The van der Waals surface area contributed by atoms with Gasteiger partial charge in [0.15, 0.2) is 0 Å². The molecule has 0 amide bonds. The molecule has 171 valence electrons. The third kappa shape index (κ3) is 3.57. The Morgan fingerprint density at radius 1 is 0.900 bits per heavy atom. The summed E-state index contributed by atoms with van der Waals surface area (Å²) in [4.78, 5) is 12.2. The Balaban J connectivity index is 1.52. The Bertz CT molecular complexity index is 626. The second kappa shape index (κ2) is 8.43. The molecule has 0 heterocycles. The molecule has 0 aromatic heterocycles. The van der Waals surface area contributed by atoms with Crippen molar-refractivity contribution in [1.82, 2.24) is 0 Å². The minimum absolute atomic E-state index is 0.0116. The van der Waals surface area contributed by atoms with Gasteiger partial charge in [-0.2, -0.15) is 0 Å². The van der Waals surface area contributed by atoms with Gasteiger partial charge in [0.25, 0.3) is 0 Å². The molecule has 4 aliphatic carbocycles. The number of carbonyl (C=O) groups excluding carboxylic acids is 1. The van der Waals surface area contributed by atoms with Crippen LogP contribution in [0.15, 0.2) is 0 Å². The Labute approximate surface area is 186 Å². The van der Waals surface area contributed by atoms with Crippen molar-refractivity contribution in [1.29, 1.82) is 0 Å². The molecule has 2 heteroatoms. The highest BCUT2D eigenvalue weighted by atomic mass is 16.4. The van der Waals surface area contributed by atoms with Gasteiger partial charge in [0.1, 0.15) is 0 Å². The molecule has 0 bridgehead atoms. The maximum Gasteiger partial charge on any atom is 0.359 e. The van der Waals surface area contributed by atoms with Crippen molar-refractivity contribution in [3.05, 3.63) is 0 Å². The molecular formula is C28H47O2. The van der Waals surface area contributed by atoms with Crippen LogP contribution in [-0.2, 0) is 9.90 Å². The molecule has 2 nitrogen and oxygen atoms in total. The molecule has 0 spiro atoms. The lowest BCUT2D eigenvalue weighted by atomic mass is 9.42. The third-order valence-electron chi connectivity index (χ3n) is 11.2. The van der Waals surface area contributed by atoms with Gasteiger partial charge in [-0.1, -0.05) is 60.3 Å². The molecule has 0 aliphatic heterocycles. The molecular weight excluding hydrogens is 368 g/mol. The first-order valence-electron chi connectivity index (χ1n) is 13.4. The van der Waals surface area contributed by atoms with E-state index in [4.69, 9.17) is 0 Å². The van der Waals surface area contributed by atoms with Gasteiger partial charge >= 0.3 is 5.97 Å². The van der Waals surface area contributed by atoms with Gasteiger partial charge in [0.05, 0.1) is 5.92 Å². The van der Waals surface area contributed by atoms with E-state index < -0.39 is 5.97 Å². The van der Waals surface area contributed by atoms with E-state index in [9.17, 15) is 9.90 Å². The predicted octanol–water partition coefficient (Wildman–Crippen LogP) is 7.68. The first-order valence-corrected chi connectivity index (χ1v) is 13.4. The zero-order valence-corrected chi connectivity index (χ0v) is 20.4. The van der Waals surface area contributed by atoms with Gasteiger partial charge in [-0.05, 0) is 104 Å². The van der Waals surface area contributed by atoms with Crippen molar-refractivity contribution in [3.8, 4) is 0 Å². The molecule has 4 rings (SSSR count). The zero-order chi connectivity index (χ0) is 21.7. The molecule has 0 aromatic carbocycles. The highest BCUT2D eigenvalue weighted by molar-refractivity contribution is 5.71. The summed E-state index contributed by atoms with van der Waals surface area (Å²) in [5.41, 5.74) is 0.482. The van der Waals surface area contributed by atoms with Gasteiger partial charge in [-0.25, -0.2) is 9.90 Å². The van der Waals surface area contributed by atoms with Crippen molar-refractivity contribution in [2.24, 2.45) is 58.2 Å². The van der Waals surface area contributed by atoms with Gasteiger partial charge in [0, 0.05) is 0 Å². The normalized spacial score (nSPS) is 46.7. The maximum absolute atomic E-state index is 12.2. The van der Waals surface area contributed by atoms with E-state index in [1.807, 2.05) is 0 Å². The number of rotatable bonds is 6. The molecule has 4 fully saturated rings. The third-order valence-corrected chi connectivity index (χ3v) is 11.2. The van der Waals surface area contributed by atoms with Gasteiger partial charge in [0.2, 0.25) is 0 Å². The molecule has 0 saturated heterocycles. The SMILES string of the molecule is CC(C)CCC[C@@H](C)[C@H]1CC[C@H]2[C@@H]3CCC4CCCC(C([O])=O)[C@]4(C)[C@H]3CC[C@]12C. The van der Waals surface area contributed by atoms with E-state index in [0.717, 1.165) is 42.4 Å². The van der Waals surface area contributed by atoms with E-state index in [-0.39, 0.29) is 11.3 Å². The molecule has 2 unspecified atom stereocenters. The predicted molar refractivity (Wildman–Crippen MR) is 122 cm³/mol. The quantitative estimate of drug-likeness (QED) is 0.438. The fourth-order valence-corrected chi connectivity index (χ4v) is 9.74. The van der Waals surface area contributed by atoms with Gasteiger partial charge in [-0.3, -0.25) is 0 Å². The molecule has 0 N–H and O–H groups in total. The highest BCUT2D eigenvalue weighted by Crippen LogP contribution is 2.69. The van der Waals surface area contributed by atoms with Crippen molar-refractivity contribution in [2.75, 3.05) is 0 Å². The molecule has 9 atom stereocenters. The summed E-state index contributed by atoms with van der Waals surface area (Å²) < 4.78 is 0. The van der Waals surface area contributed by atoms with Crippen molar-refractivity contribution >= 4 is 5.97 Å². The molecule has 1 radical (unpaired) electrons. The number of hydrogen-bond acceptors (Lipinski definition) is 1. The van der Waals surface area contributed by atoms with E-state index in [1.54, 1.807) is 0 Å². The van der Waals surface area contributed by atoms with Crippen molar-refractivity contribution < 1.29 is 9.90 Å². The second-order valence-corrected chi connectivity index (χ2v) is 12.9. The summed E-state index contributed by atoms with van der Waals surface area (Å²) in [7, 11) is 0. The summed E-state index contributed by atoms with van der Waals surface area (Å²) in [6.45, 7) is 12.2. The molecule has 30 heavy (non-hydrogen) atoms. The molecule has 4 aliphatic rings. The number of carbonyl (C=O) groups is 1. The van der Waals surface area contributed by atoms with E-state index >= 15 is 0 Å². The maximum atomic E-state index is 12.2. The highest BCUT2D eigenvalue weighted by Gasteiger charge is 2.63. The molecule has 0 aromatic rings. The van der Waals surface area contributed by atoms with Crippen molar-refractivity contribution in [3.63, 3.8) is 0 Å². The lowest BCUT2D eigenvalue weighted by Gasteiger charge is -2.62. The molecule has 4 saturated carbocycles. The number of hydrogen-bond donors (Lipinski definition) is 0. The summed E-state index contributed by atoms with van der Waals surface area (Å²) in [5, 5.41) is 12.2. The second-order valence-electron chi connectivity index (χ2n) is 12.9. The van der Waals surface area contributed by atoms with Crippen LogP contribution < -0.4 is 0 Å². The standard InChI is InChI=1S/C28H47O2/c1-18(2)8-6-9-19(3)22-14-15-23-21-13-12-20-10-7-11-25(26(29)30)28(20,5)24(21)16-17-27(22,23)4/h18-25H,6-17H2,1-5H3/t19-,20?,21+,22-,23+,24+,25?,27-,28+/m1/s1. The van der Waals surface area contributed by atoms with Crippen LogP contribution in [0, 0.1) is 58.2 Å². The van der Waals surface area contributed by atoms with Crippen LogP contribution >= 0.6 is 0 Å². The average Bonchev–Trinajstić information content (AvgIpc) is 3.03. The van der Waals surface area contributed by atoms with Crippen molar-refractivity contribution in [2.45, 2.75) is 112 Å². The van der Waals surface area contributed by atoms with Gasteiger partial charge < -0.3 is 0 Å². The smallest absolute Gasteiger partial charge is 0.247 e. The van der Waals surface area contributed by atoms with Crippen LogP contribution in [0.1, 0.15) is 112 Å². The van der Waals surface area contributed by atoms with Gasteiger partial charge in [-0.15, -0.1) is 0 Å². The minimum atomic E-state index is -0.751. The van der Waals surface area contributed by atoms with E-state index in [1.165, 1.54) is 64.2 Å². The van der Waals surface area contributed by atoms with E-state index in [0.29, 0.717) is 17.3 Å². The van der Waals surface area contributed by atoms with Crippen LogP contribution in [0.4, 0.5) is 0 Å². The Kier molecular flexibility index (Phi) is 6.37. The van der Waals surface area contributed by atoms with Crippen LogP contribution in [0.25, 0.3) is 0 Å². The monoisotopic (exact) mass is 415 g/mol. The van der Waals surface area contributed by atoms with E-state index in [2.05, 4.69) is 34.6 Å². The van der Waals surface area contributed by atoms with Crippen LogP contribution in [-0.4, -0.2) is 5.97 Å². The largest absolute Gasteiger partial charge is 0.359 e. The summed E-state index contributed by atoms with van der Waals surface area (Å²) in [5.74, 6) is 4.41.